The maximum absolute atomic E-state index is 14.1. The van der Waals surface area contributed by atoms with Gasteiger partial charge in [0.2, 0.25) is 23.1 Å². The van der Waals surface area contributed by atoms with Crippen molar-refractivity contribution in [2.75, 3.05) is 65.4 Å². The molecular formula is C46H55F4N2O13S3+. The molecule has 0 aliphatic carbocycles. The highest BCUT2D eigenvalue weighted by Crippen LogP contribution is 2.51. The van der Waals surface area contributed by atoms with E-state index in [0.29, 0.717) is 60.6 Å². The molecule has 2 aliphatic heterocycles. The monoisotopic (exact) mass is 1020 g/mol. The van der Waals surface area contributed by atoms with E-state index in [2.05, 4.69) is 4.74 Å². The highest BCUT2D eigenvalue weighted by atomic mass is 32.2. The van der Waals surface area contributed by atoms with Crippen molar-refractivity contribution in [2.24, 2.45) is 0 Å². The Morgan fingerprint density at radius 3 is 1.96 bits per heavy atom. The molecule has 0 aromatic heterocycles. The molecule has 0 bridgehead atoms. The van der Waals surface area contributed by atoms with E-state index in [4.69, 9.17) is 17.8 Å². The van der Waals surface area contributed by atoms with Crippen LogP contribution >= 0.6 is 0 Å². The van der Waals surface area contributed by atoms with Crippen LogP contribution in [-0.4, -0.2) is 107 Å². The molecule has 2 atom stereocenters. The second-order valence-corrected chi connectivity index (χ2v) is 21.5. The van der Waals surface area contributed by atoms with E-state index in [9.17, 15) is 52.2 Å². The van der Waals surface area contributed by atoms with Gasteiger partial charge in [0.05, 0.1) is 35.2 Å². The van der Waals surface area contributed by atoms with Crippen LogP contribution in [0.25, 0.3) is 0 Å². The van der Waals surface area contributed by atoms with E-state index in [0.717, 1.165) is 19.9 Å². The number of carbonyl (C=O) groups is 1. The van der Waals surface area contributed by atoms with Crippen LogP contribution in [0.5, 0.6) is 5.75 Å². The summed E-state index contributed by atoms with van der Waals surface area (Å²) in [6, 6.07) is 9.24. The maximum Gasteiger partial charge on any atom is 0.311 e. The molecule has 3 aromatic rings. The Morgan fingerprint density at radius 1 is 0.735 bits per heavy atom. The van der Waals surface area contributed by atoms with E-state index < -0.39 is 81.9 Å². The largest absolute Gasteiger partial charge is 0.420 e. The first kappa shape index (κ1) is 54.1. The average molecular weight is 1020 g/mol. The van der Waals surface area contributed by atoms with Crippen LogP contribution in [0, 0.1) is 23.3 Å². The molecule has 2 unspecified atom stereocenters. The molecule has 0 spiro atoms. The minimum Gasteiger partial charge on any atom is -0.420 e. The summed E-state index contributed by atoms with van der Waals surface area (Å²) in [6.45, 7) is 5.06. The summed E-state index contributed by atoms with van der Waals surface area (Å²) in [6.07, 6.45) is 10.3. The first-order valence-corrected chi connectivity index (χ1v) is 25.8. The van der Waals surface area contributed by atoms with E-state index in [1.165, 1.54) is 32.4 Å². The first-order chi connectivity index (χ1) is 32.0. The number of esters is 1. The van der Waals surface area contributed by atoms with Gasteiger partial charge in [-0.25, -0.2) is 8.78 Å². The summed E-state index contributed by atoms with van der Waals surface area (Å²) in [5, 5.41) is 0. The lowest BCUT2D eigenvalue weighted by atomic mass is 9.76. The Hall–Kier alpha value is -4.81. The van der Waals surface area contributed by atoms with Crippen LogP contribution in [-0.2, 0) is 63.8 Å². The molecule has 22 heteroatoms. The highest BCUT2D eigenvalue weighted by Gasteiger charge is 2.48. The van der Waals surface area contributed by atoms with E-state index in [1.807, 2.05) is 35.5 Å². The highest BCUT2D eigenvalue weighted by molar-refractivity contribution is 7.87. The van der Waals surface area contributed by atoms with Gasteiger partial charge in [-0.3, -0.25) is 17.7 Å². The van der Waals surface area contributed by atoms with Crippen molar-refractivity contribution < 1.29 is 79.3 Å². The van der Waals surface area contributed by atoms with Gasteiger partial charge in [-0.1, -0.05) is 24.6 Å². The lowest BCUT2D eigenvalue weighted by molar-refractivity contribution is -0.441. The number of carbonyl (C=O) groups excluding carboxylic acids is 1. The van der Waals surface area contributed by atoms with Crippen molar-refractivity contribution >= 4 is 53.4 Å². The number of benzene rings is 3. The van der Waals surface area contributed by atoms with Gasteiger partial charge in [-0.2, -0.15) is 38.6 Å². The number of methoxy groups -OCH3 is 2. The number of anilines is 1. The van der Waals surface area contributed by atoms with Crippen molar-refractivity contribution in [1.82, 2.24) is 0 Å². The van der Waals surface area contributed by atoms with Gasteiger partial charge >= 0.3 is 5.97 Å². The zero-order valence-corrected chi connectivity index (χ0v) is 40.8. The summed E-state index contributed by atoms with van der Waals surface area (Å²) < 4.78 is 167. The molecule has 0 amide bonds. The third-order valence-electron chi connectivity index (χ3n) is 12.1. The lowest BCUT2D eigenvalue weighted by Gasteiger charge is -2.30. The van der Waals surface area contributed by atoms with Gasteiger partial charge < -0.3 is 19.1 Å². The molecule has 0 fully saturated rings. The molecule has 0 saturated carbocycles. The Balaban J connectivity index is 1.49. The predicted molar refractivity (Wildman–Crippen MR) is 244 cm³/mol. The van der Waals surface area contributed by atoms with Gasteiger partial charge in [-0.15, -0.1) is 0 Å². The summed E-state index contributed by atoms with van der Waals surface area (Å²) >= 11 is 0. The molecule has 5 rings (SSSR count). The van der Waals surface area contributed by atoms with Gasteiger partial charge in [0, 0.05) is 74.4 Å². The third kappa shape index (κ3) is 12.0. The van der Waals surface area contributed by atoms with E-state index in [1.54, 1.807) is 36.4 Å². The normalized spacial score (nSPS) is 19.2. The Labute approximate surface area is 394 Å². The summed E-state index contributed by atoms with van der Waals surface area (Å²) in [5.74, 6) is -10.2. The molecule has 372 valence electrons. The molecule has 3 aromatic carbocycles. The summed E-state index contributed by atoms with van der Waals surface area (Å²) in [5.41, 5.74) is 2.28. The maximum atomic E-state index is 14.1. The number of ether oxygens (including phenoxy) is 3. The minimum atomic E-state index is -4.32. The first-order valence-electron chi connectivity index (χ1n) is 21.3. The van der Waals surface area contributed by atoms with E-state index >= 15 is 0 Å². The number of fused-ring (bicyclic) bond motifs is 2. The molecular weight excluding hydrogens is 961 g/mol. The standard InChI is InChI=1S/C46H54F4N2O13S3/c1-45(21-13-27-66(54,55)56)33-28-31(67(57,58)63-5)18-20-38(33)52(24-26-62-4)39(45)14-9-7-10-15-40-46(2,22-25-61-3)34-29-32(68(59,60)64-6)17-19-37(34)51(40)23-12-8-11-16-41(53)65-44-42(49)35(47)30-36(48)43(44)50/h7,9-10,14-15,17-20,28-30H,8,11-13,16,21-27H2,1-6H3/p+1. The van der Waals surface area contributed by atoms with Gasteiger partial charge in [0.25, 0.3) is 30.4 Å². The molecule has 1 N–H and O–H groups in total. The van der Waals surface area contributed by atoms with E-state index in [-0.39, 0.29) is 54.8 Å². The molecule has 15 nitrogen and oxygen atoms in total. The Kier molecular flexibility index (Phi) is 17.8. The number of hydrogen-bond donors (Lipinski definition) is 1. The second-order valence-electron chi connectivity index (χ2n) is 16.5. The quantitative estimate of drug-likeness (QED) is 0.0106. The fourth-order valence-corrected chi connectivity index (χ4v) is 10.4. The summed E-state index contributed by atoms with van der Waals surface area (Å²) in [4.78, 5) is 14.3. The third-order valence-corrected chi connectivity index (χ3v) is 15.5. The fourth-order valence-electron chi connectivity index (χ4n) is 8.55. The van der Waals surface area contributed by atoms with Gasteiger partial charge in [0.15, 0.2) is 23.9 Å². The van der Waals surface area contributed by atoms with Crippen LogP contribution in [0.1, 0.15) is 69.9 Å². The molecule has 0 radical (unpaired) electrons. The fraction of sp³-hybridized carbons (Fsp3) is 0.435. The average Bonchev–Trinajstić information content (AvgIpc) is 3.66. The molecule has 2 aliphatic rings. The van der Waals surface area contributed by atoms with Crippen molar-refractivity contribution in [1.29, 1.82) is 0 Å². The smallest absolute Gasteiger partial charge is 0.311 e. The SMILES string of the molecule is COCC[N+]1=C(C=CC=CC=C2N(CCCCCC(=O)Oc3c(F)c(F)cc(F)c3F)c3ccc(S(=O)(=O)OC)cc3C2(C)CCOC)C(C)(CCCS(=O)(=O)O)c2cc(S(=O)(=O)OC)ccc21. The predicted octanol–water partition coefficient (Wildman–Crippen LogP) is 7.56. The van der Waals surface area contributed by atoms with Crippen LogP contribution in [0.4, 0.5) is 28.9 Å². The zero-order valence-electron chi connectivity index (χ0n) is 38.4. The lowest BCUT2D eigenvalue weighted by Crippen LogP contribution is -2.32. The zero-order chi connectivity index (χ0) is 50.2. The number of halogens is 4. The number of hydrogen-bond acceptors (Lipinski definition) is 13. The van der Waals surface area contributed by atoms with Crippen molar-refractivity contribution in [3.05, 3.63) is 113 Å². The van der Waals surface area contributed by atoms with Gasteiger partial charge in [-0.05, 0) is 87.9 Å². The van der Waals surface area contributed by atoms with Crippen molar-refractivity contribution in [3.63, 3.8) is 0 Å². The topological polar surface area (TPSA) is 192 Å². The molecule has 68 heavy (non-hydrogen) atoms. The number of rotatable bonds is 24. The van der Waals surface area contributed by atoms with Crippen molar-refractivity contribution in [3.8, 4) is 5.75 Å². The van der Waals surface area contributed by atoms with Gasteiger partial charge in [0.1, 0.15) is 6.61 Å². The number of nitrogens with zero attached hydrogens (tertiary/aromatic N) is 2. The second kappa shape index (κ2) is 22.3. The number of allylic oxidation sites excluding steroid dienone is 6. The summed E-state index contributed by atoms with van der Waals surface area (Å²) in [7, 11) is -7.35. The van der Waals surface area contributed by atoms with Crippen LogP contribution in [0.3, 0.4) is 0 Å². The Morgan fingerprint density at radius 2 is 1.35 bits per heavy atom. The van der Waals surface area contributed by atoms with Crippen LogP contribution in [0.15, 0.2) is 88.3 Å². The van der Waals surface area contributed by atoms with Crippen molar-refractivity contribution in [2.45, 2.75) is 79.4 Å². The number of unbranched alkanes of at least 4 members (excludes halogenated alkanes) is 2. The molecule has 0 saturated heterocycles. The minimum absolute atomic E-state index is 0.00714. The molecule has 2 heterocycles. The Bertz CT molecular complexity index is 2830. The van der Waals surface area contributed by atoms with Crippen LogP contribution < -0.4 is 9.64 Å². The van der Waals surface area contributed by atoms with Crippen LogP contribution in [0.2, 0.25) is 0 Å².